The molecule has 0 aliphatic carbocycles. The van der Waals surface area contributed by atoms with Gasteiger partial charge in [-0.2, -0.15) is 0 Å². The maximum absolute atomic E-state index is 3.17. The van der Waals surface area contributed by atoms with Crippen LogP contribution in [0.2, 0.25) is 0 Å². The third-order valence-corrected chi connectivity index (χ3v) is 1.36. The number of hydrogen-bond acceptors (Lipinski definition) is 0. The van der Waals surface area contributed by atoms with Gasteiger partial charge in [0.25, 0.3) is 0 Å². The Kier molecular flexibility index (Phi) is 4.52. The zero-order valence-corrected chi connectivity index (χ0v) is 5.89. The van der Waals surface area contributed by atoms with Crippen LogP contribution in [0.1, 0.15) is 25.3 Å². The van der Waals surface area contributed by atoms with Gasteiger partial charge in [-0.05, 0) is 17.5 Å². The Bertz CT molecular complexity index is 167. The molecule has 1 radical (unpaired) electrons. The fourth-order valence-corrected chi connectivity index (χ4v) is 0.766. The molecule has 49 valence electrons. The van der Waals surface area contributed by atoms with Crippen molar-refractivity contribution in [3.05, 3.63) is 35.9 Å². The van der Waals surface area contributed by atoms with Crippen molar-refractivity contribution in [3.63, 3.8) is 0 Å². The van der Waals surface area contributed by atoms with Crippen LogP contribution < -0.4 is 0 Å². The molecule has 1 aromatic rings. The van der Waals surface area contributed by atoms with E-state index in [0.29, 0.717) is 5.92 Å². The van der Waals surface area contributed by atoms with Gasteiger partial charge in [0.15, 0.2) is 0 Å². The molecule has 10 heavy (non-hydrogen) atoms. The Morgan fingerprint density at radius 1 is 1.30 bits per heavy atom. The number of rotatable bonds is 1. The van der Waals surface area contributed by atoms with Crippen LogP contribution in [0.15, 0.2) is 24.3 Å². The molecule has 0 heterocycles. The Morgan fingerprint density at radius 2 is 2.00 bits per heavy atom. The first-order chi connectivity index (χ1) is 4.30. The maximum atomic E-state index is 3.17. The molecule has 0 bridgehead atoms. The van der Waals surface area contributed by atoms with E-state index in [2.05, 4.69) is 26.0 Å². The average molecular weight is 127 g/mol. The standard InChI is InChI=1S/C9H11.Li.H/c1-8(2)9-6-4-3-5-7-9;;/h3-6,8H,1-2H3;;. The molecule has 0 aromatic heterocycles. The second-order valence-electron chi connectivity index (χ2n) is 2.47. The molecular weight excluding hydrogens is 115 g/mol. The molecule has 0 amide bonds. The summed E-state index contributed by atoms with van der Waals surface area (Å²) in [6.07, 6.45) is 0. The molecule has 1 aromatic carbocycles. The van der Waals surface area contributed by atoms with Gasteiger partial charge in [0.2, 0.25) is 0 Å². The molecule has 0 saturated carbocycles. The van der Waals surface area contributed by atoms with E-state index in [0.717, 1.165) is 0 Å². The second-order valence-corrected chi connectivity index (χ2v) is 2.47. The monoisotopic (exact) mass is 127 g/mol. The first-order valence-electron chi connectivity index (χ1n) is 3.27. The van der Waals surface area contributed by atoms with Gasteiger partial charge < -0.3 is 0 Å². The molecular formula is C9H12Li. The van der Waals surface area contributed by atoms with E-state index in [9.17, 15) is 0 Å². The molecule has 0 atom stereocenters. The van der Waals surface area contributed by atoms with Crippen LogP contribution in [0.5, 0.6) is 0 Å². The van der Waals surface area contributed by atoms with Gasteiger partial charge in [-0.1, -0.05) is 38.1 Å². The second kappa shape index (κ2) is 4.60. The summed E-state index contributed by atoms with van der Waals surface area (Å²) >= 11 is 0. The Balaban J connectivity index is 0.000000810. The Labute approximate surface area is 74.8 Å². The Morgan fingerprint density at radius 3 is 2.30 bits per heavy atom. The third-order valence-electron chi connectivity index (χ3n) is 1.36. The minimum absolute atomic E-state index is 0. The van der Waals surface area contributed by atoms with E-state index in [1.54, 1.807) is 0 Å². The van der Waals surface area contributed by atoms with E-state index in [1.807, 2.05) is 18.2 Å². The number of hydrogen-bond donors (Lipinski definition) is 0. The fraction of sp³-hybridized carbons (Fsp3) is 0.333. The van der Waals surface area contributed by atoms with Crippen molar-refractivity contribution < 1.29 is 0 Å². The van der Waals surface area contributed by atoms with Gasteiger partial charge in [-0.15, -0.1) is 0 Å². The van der Waals surface area contributed by atoms with E-state index in [-0.39, 0.29) is 18.9 Å². The van der Waals surface area contributed by atoms with Gasteiger partial charge in [0.05, 0.1) is 0 Å². The molecule has 0 aliphatic heterocycles. The Hall–Kier alpha value is -0.183. The van der Waals surface area contributed by atoms with Crippen LogP contribution in [0.4, 0.5) is 0 Å². The van der Waals surface area contributed by atoms with Gasteiger partial charge >= 0.3 is 18.9 Å². The summed E-state index contributed by atoms with van der Waals surface area (Å²) in [5.74, 6) is 0.603. The zero-order chi connectivity index (χ0) is 6.69. The van der Waals surface area contributed by atoms with Crippen LogP contribution in [-0.4, -0.2) is 18.9 Å². The van der Waals surface area contributed by atoms with E-state index in [4.69, 9.17) is 0 Å². The van der Waals surface area contributed by atoms with Crippen molar-refractivity contribution in [2.45, 2.75) is 19.8 Å². The first kappa shape index (κ1) is 9.82. The van der Waals surface area contributed by atoms with Crippen molar-refractivity contribution in [1.29, 1.82) is 0 Å². The topological polar surface area (TPSA) is 0 Å². The van der Waals surface area contributed by atoms with Crippen LogP contribution in [0, 0.1) is 6.07 Å². The van der Waals surface area contributed by atoms with E-state index >= 15 is 0 Å². The fourth-order valence-electron chi connectivity index (χ4n) is 0.766. The zero-order valence-electron chi connectivity index (χ0n) is 5.89. The summed E-state index contributed by atoms with van der Waals surface area (Å²) in [7, 11) is 0. The molecule has 0 spiro atoms. The average Bonchev–Trinajstić information content (AvgIpc) is 1.90. The normalized spacial score (nSPS) is 9.10. The minimum atomic E-state index is 0. The molecule has 1 rings (SSSR count). The quantitative estimate of drug-likeness (QED) is 0.506. The third kappa shape index (κ3) is 2.60. The molecule has 0 unspecified atom stereocenters. The molecule has 0 saturated heterocycles. The van der Waals surface area contributed by atoms with Gasteiger partial charge in [0.1, 0.15) is 0 Å². The summed E-state index contributed by atoms with van der Waals surface area (Å²) in [6.45, 7) is 4.34. The van der Waals surface area contributed by atoms with Crippen LogP contribution in [0.25, 0.3) is 0 Å². The van der Waals surface area contributed by atoms with Crippen LogP contribution in [-0.2, 0) is 0 Å². The molecule has 0 aliphatic rings. The van der Waals surface area contributed by atoms with E-state index in [1.165, 1.54) is 5.56 Å². The van der Waals surface area contributed by atoms with Crippen molar-refractivity contribution in [2.24, 2.45) is 0 Å². The van der Waals surface area contributed by atoms with Crippen molar-refractivity contribution in [2.75, 3.05) is 0 Å². The molecule has 0 fully saturated rings. The van der Waals surface area contributed by atoms with Gasteiger partial charge in [-0.25, -0.2) is 0 Å². The van der Waals surface area contributed by atoms with Gasteiger partial charge in [-0.3, -0.25) is 0 Å². The summed E-state index contributed by atoms with van der Waals surface area (Å²) in [5.41, 5.74) is 1.29. The molecule has 0 nitrogen and oxygen atoms in total. The van der Waals surface area contributed by atoms with Gasteiger partial charge in [0, 0.05) is 0 Å². The summed E-state index contributed by atoms with van der Waals surface area (Å²) < 4.78 is 0. The summed E-state index contributed by atoms with van der Waals surface area (Å²) in [4.78, 5) is 0. The van der Waals surface area contributed by atoms with Crippen LogP contribution >= 0.6 is 0 Å². The molecule has 1 heteroatoms. The predicted molar refractivity (Wildman–Crippen MR) is 46.5 cm³/mol. The van der Waals surface area contributed by atoms with Crippen molar-refractivity contribution in [3.8, 4) is 0 Å². The van der Waals surface area contributed by atoms with E-state index < -0.39 is 0 Å². The predicted octanol–water partition coefficient (Wildman–Crippen LogP) is 1.96. The van der Waals surface area contributed by atoms with Crippen molar-refractivity contribution >= 4 is 18.9 Å². The molecule has 0 N–H and O–H groups in total. The number of benzene rings is 1. The van der Waals surface area contributed by atoms with Crippen molar-refractivity contribution in [1.82, 2.24) is 0 Å². The SMILES string of the molecule is CC(C)c1[c]cccc1.[LiH]. The summed E-state index contributed by atoms with van der Waals surface area (Å²) in [5, 5.41) is 0. The summed E-state index contributed by atoms with van der Waals surface area (Å²) in [6, 6.07) is 11.3. The van der Waals surface area contributed by atoms with Crippen LogP contribution in [0.3, 0.4) is 0 Å². The first-order valence-corrected chi connectivity index (χ1v) is 3.27.